The van der Waals surface area contributed by atoms with Crippen molar-refractivity contribution < 1.29 is 22.0 Å². The average Bonchev–Trinajstić information content (AvgIpc) is 2.52. The van der Waals surface area contributed by atoms with Gasteiger partial charge in [-0.25, -0.2) is 17.2 Å². The van der Waals surface area contributed by atoms with Gasteiger partial charge in [0.1, 0.15) is 11.6 Å². The molecule has 0 heterocycles. The topological polar surface area (TPSA) is 66.5 Å². The average molecular weight is 360 g/mol. The van der Waals surface area contributed by atoms with Crippen LogP contribution in [0.2, 0.25) is 0 Å². The number of hydrogen-bond acceptors (Lipinski definition) is 3. The van der Waals surface area contributed by atoms with Crippen molar-refractivity contribution in [3.63, 3.8) is 0 Å². The van der Waals surface area contributed by atoms with Gasteiger partial charge in [-0.15, -0.1) is 0 Å². The molecule has 2 rings (SSSR count). The zero-order valence-corrected chi connectivity index (χ0v) is 14.4. The van der Waals surface area contributed by atoms with Gasteiger partial charge < -0.3 is 5.32 Å². The van der Waals surface area contributed by atoms with E-state index < -0.39 is 21.7 Å². The maximum absolute atomic E-state index is 13.9. The van der Waals surface area contributed by atoms with Crippen molar-refractivity contribution in [2.24, 2.45) is 5.92 Å². The third kappa shape index (κ3) is 4.90. The Morgan fingerprint density at radius 2 is 1.92 bits per heavy atom. The number of hydrogen-bond donors (Lipinski definition) is 1. The lowest BCUT2D eigenvalue weighted by molar-refractivity contribution is -0.125. The second-order valence-corrected chi connectivity index (χ2v) is 7.96. The Hall–Kier alpha value is -1.70. The zero-order valence-electron chi connectivity index (χ0n) is 13.6. The molecule has 8 heteroatoms. The van der Waals surface area contributed by atoms with Crippen LogP contribution in [0.15, 0.2) is 18.2 Å². The van der Waals surface area contributed by atoms with Gasteiger partial charge in [-0.1, -0.05) is 19.3 Å². The number of sulfonamides is 1. The van der Waals surface area contributed by atoms with Crippen LogP contribution >= 0.6 is 0 Å². The van der Waals surface area contributed by atoms with Crippen LogP contribution in [0.25, 0.3) is 0 Å². The number of benzene rings is 1. The smallest absolute Gasteiger partial charge is 0.232 e. The molecule has 0 bridgehead atoms. The highest BCUT2D eigenvalue weighted by molar-refractivity contribution is 7.92. The molecular weight excluding hydrogens is 338 g/mol. The third-order valence-electron chi connectivity index (χ3n) is 4.17. The van der Waals surface area contributed by atoms with Gasteiger partial charge in [0.15, 0.2) is 0 Å². The Balaban J connectivity index is 2.01. The molecule has 1 saturated carbocycles. The number of rotatable bonds is 6. The Labute approximate surface area is 141 Å². The van der Waals surface area contributed by atoms with Crippen LogP contribution in [0.5, 0.6) is 0 Å². The van der Waals surface area contributed by atoms with Crippen molar-refractivity contribution in [3.05, 3.63) is 29.8 Å². The normalized spacial score (nSPS) is 16.0. The summed E-state index contributed by atoms with van der Waals surface area (Å²) < 4.78 is 51.5. The van der Waals surface area contributed by atoms with Crippen molar-refractivity contribution in [1.82, 2.24) is 5.32 Å². The van der Waals surface area contributed by atoms with E-state index in [1.54, 1.807) is 0 Å². The van der Waals surface area contributed by atoms with Crippen molar-refractivity contribution >= 4 is 21.6 Å². The van der Waals surface area contributed by atoms with Crippen LogP contribution < -0.4 is 9.62 Å². The number of carbonyl (C=O) groups is 1. The van der Waals surface area contributed by atoms with Crippen LogP contribution in [0.3, 0.4) is 0 Å². The molecule has 1 aromatic carbocycles. The lowest BCUT2D eigenvalue weighted by Crippen LogP contribution is -2.40. The number of nitrogens with zero attached hydrogens (tertiary/aromatic N) is 1. The summed E-state index contributed by atoms with van der Waals surface area (Å²) >= 11 is 0. The van der Waals surface area contributed by atoms with Crippen LogP contribution in [-0.4, -0.2) is 33.7 Å². The molecule has 0 aliphatic heterocycles. The zero-order chi connectivity index (χ0) is 17.7. The third-order valence-corrected chi connectivity index (χ3v) is 5.35. The minimum absolute atomic E-state index is 0.0343. The van der Waals surface area contributed by atoms with Crippen LogP contribution in [-0.2, 0) is 14.8 Å². The maximum atomic E-state index is 13.9. The second-order valence-electron chi connectivity index (χ2n) is 6.06. The van der Waals surface area contributed by atoms with E-state index in [-0.39, 0.29) is 30.6 Å². The molecule has 1 aromatic rings. The molecule has 0 spiro atoms. The molecule has 24 heavy (non-hydrogen) atoms. The number of carbonyl (C=O) groups excluding carboxylic acids is 1. The van der Waals surface area contributed by atoms with Gasteiger partial charge in [0.05, 0.1) is 18.5 Å². The summed E-state index contributed by atoms with van der Waals surface area (Å²) in [5, 5.41) is 2.71. The van der Waals surface area contributed by atoms with Crippen LogP contribution in [0, 0.1) is 17.6 Å². The first-order chi connectivity index (χ1) is 11.3. The summed E-state index contributed by atoms with van der Waals surface area (Å²) in [5.74, 6) is -1.87. The lowest BCUT2D eigenvalue weighted by Gasteiger charge is -2.24. The largest absolute Gasteiger partial charge is 0.354 e. The quantitative estimate of drug-likeness (QED) is 0.847. The highest BCUT2D eigenvalue weighted by Crippen LogP contribution is 2.24. The fourth-order valence-corrected chi connectivity index (χ4v) is 3.87. The molecule has 1 N–H and O–H groups in total. The molecular formula is C16H22F2N2O3S. The van der Waals surface area contributed by atoms with Crippen molar-refractivity contribution in [1.29, 1.82) is 0 Å². The van der Waals surface area contributed by atoms with Crippen molar-refractivity contribution in [2.75, 3.05) is 23.7 Å². The first kappa shape index (κ1) is 18.6. The first-order valence-corrected chi connectivity index (χ1v) is 9.84. The molecule has 0 aromatic heterocycles. The van der Waals surface area contributed by atoms with Gasteiger partial charge in [-0.3, -0.25) is 9.10 Å². The van der Waals surface area contributed by atoms with Gasteiger partial charge >= 0.3 is 0 Å². The fraction of sp³-hybridized carbons (Fsp3) is 0.562. The van der Waals surface area contributed by atoms with E-state index >= 15 is 0 Å². The molecule has 134 valence electrons. The van der Waals surface area contributed by atoms with Gasteiger partial charge in [0.25, 0.3) is 0 Å². The summed E-state index contributed by atoms with van der Waals surface area (Å²) in [4.78, 5) is 12.1. The van der Waals surface area contributed by atoms with E-state index in [9.17, 15) is 22.0 Å². The molecule has 1 aliphatic carbocycles. The standard InChI is InChI=1S/C16H22F2N2O3S/c1-24(22,23)20(15-8-7-13(17)11-14(15)18)10-9-19-16(21)12-5-3-2-4-6-12/h7-8,11-12H,2-6,9-10H2,1H3,(H,19,21). The predicted octanol–water partition coefficient (Wildman–Crippen LogP) is 2.43. The van der Waals surface area contributed by atoms with E-state index in [1.165, 1.54) is 0 Å². The number of halogens is 2. The maximum Gasteiger partial charge on any atom is 0.232 e. The molecule has 1 aliphatic rings. The Morgan fingerprint density at radius 1 is 1.25 bits per heavy atom. The SMILES string of the molecule is CS(=O)(=O)N(CCNC(=O)C1CCCCC1)c1ccc(F)cc1F. The summed E-state index contributed by atoms with van der Waals surface area (Å²) in [6, 6.07) is 2.71. The molecule has 1 fully saturated rings. The van der Waals surface area contributed by atoms with E-state index in [0.717, 1.165) is 54.8 Å². The van der Waals surface area contributed by atoms with Gasteiger partial charge in [-0.2, -0.15) is 0 Å². The number of amides is 1. The molecule has 0 saturated heterocycles. The highest BCUT2D eigenvalue weighted by Gasteiger charge is 2.23. The first-order valence-electron chi connectivity index (χ1n) is 7.99. The van der Waals surface area contributed by atoms with Crippen molar-refractivity contribution in [2.45, 2.75) is 32.1 Å². The van der Waals surface area contributed by atoms with Gasteiger partial charge in [-0.05, 0) is 25.0 Å². The van der Waals surface area contributed by atoms with E-state index in [2.05, 4.69) is 5.32 Å². The fourth-order valence-electron chi connectivity index (χ4n) is 2.94. The minimum atomic E-state index is -3.76. The van der Waals surface area contributed by atoms with Gasteiger partial charge in [0, 0.05) is 18.5 Å². The van der Waals surface area contributed by atoms with E-state index in [0.29, 0.717) is 6.07 Å². The van der Waals surface area contributed by atoms with Crippen LogP contribution in [0.4, 0.5) is 14.5 Å². The van der Waals surface area contributed by atoms with Crippen LogP contribution in [0.1, 0.15) is 32.1 Å². The molecule has 0 atom stereocenters. The summed E-state index contributed by atoms with van der Waals surface area (Å²) in [5.41, 5.74) is -0.231. The number of anilines is 1. The molecule has 0 unspecified atom stereocenters. The Bertz CT molecular complexity index is 689. The second kappa shape index (κ2) is 7.92. The van der Waals surface area contributed by atoms with Gasteiger partial charge in [0.2, 0.25) is 15.9 Å². The monoisotopic (exact) mass is 360 g/mol. The summed E-state index contributed by atoms with van der Waals surface area (Å²) in [6.45, 7) is -0.0426. The molecule has 0 radical (unpaired) electrons. The number of nitrogens with one attached hydrogen (secondary N) is 1. The summed E-state index contributed by atoms with van der Waals surface area (Å²) in [6.07, 6.45) is 5.80. The predicted molar refractivity (Wildman–Crippen MR) is 88.1 cm³/mol. The highest BCUT2D eigenvalue weighted by atomic mass is 32.2. The minimum Gasteiger partial charge on any atom is -0.354 e. The Morgan fingerprint density at radius 3 is 2.50 bits per heavy atom. The Kier molecular flexibility index (Phi) is 6.15. The summed E-state index contributed by atoms with van der Waals surface area (Å²) in [7, 11) is -3.76. The molecule has 1 amide bonds. The van der Waals surface area contributed by atoms with E-state index in [1.807, 2.05) is 0 Å². The molecule has 5 nitrogen and oxygen atoms in total. The lowest BCUT2D eigenvalue weighted by atomic mass is 9.89. The van der Waals surface area contributed by atoms with Crippen molar-refractivity contribution in [3.8, 4) is 0 Å². The van der Waals surface area contributed by atoms with E-state index in [4.69, 9.17) is 0 Å².